The number of hydrogen-bond donors (Lipinski definition) is 0. The second-order valence-electron chi connectivity index (χ2n) is 13.9. The van der Waals surface area contributed by atoms with E-state index in [1.807, 2.05) is 30.3 Å². The van der Waals surface area contributed by atoms with Gasteiger partial charge in [-0.1, -0.05) is 108 Å². The van der Waals surface area contributed by atoms with Gasteiger partial charge < -0.3 is 0 Å². The highest BCUT2D eigenvalue weighted by Gasteiger charge is 2.59. The topological polar surface area (TPSA) is 17.1 Å². The molecule has 2 heteroatoms. The van der Waals surface area contributed by atoms with Gasteiger partial charge in [-0.3, -0.25) is 4.79 Å². The molecule has 36 heavy (non-hydrogen) atoms. The predicted octanol–water partition coefficient (Wildman–Crippen LogP) is 9.97. The van der Waals surface area contributed by atoms with Crippen LogP contribution >= 0.6 is 11.8 Å². The largest absolute Gasteiger partial charge is 0.282 e. The van der Waals surface area contributed by atoms with Crippen LogP contribution in [0.4, 0.5) is 0 Å². The van der Waals surface area contributed by atoms with Gasteiger partial charge in [-0.05, 0) is 97.7 Å². The molecule has 0 N–H and O–H groups in total. The summed E-state index contributed by atoms with van der Waals surface area (Å²) in [5.74, 6) is 5.34. The SMILES string of the molecule is CC(C)CCC[C@H](C)[C@H]1CC[C@H]2[C@@H]3CC=C4C[C@H](SC(=O)c5ccccc5)CC[C@]4(C)[C@H]3CC[C@]12C. The first-order chi connectivity index (χ1) is 17.2. The molecule has 4 aliphatic carbocycles. The summed E-state index contributed by atoms with van der Waals surface area (Å²) >= 11 is 1.60. The van der Waals surface area contributed by atoms with E-state index < -0.39 is 0 Å². The molecule has 5 rings (SSSR count). The summed E-state index contributed by atoms with van der Waals surface area (Å²) in [5, 5.41) is 0.705. The van der Waals surface area contributed by atoms with Crippen molar-refractivity contribution in [2.24, 2.45) is 46.3 Å². The van der Waals surface area contributed by atoms with E-state index in [4.69, 9.17) is 0 Å². The smallest absolute Gasteiger partial charge is 0.219 e. The van der Waals surface area contributed by atoms with Crippen LogP contribution in [0.15, 0.2) is 42.0 Å². The molecule has 1 nitrogen and oxygen atoms in total. The number of fused-ring (bicyclic) bond motifs is 5. The van der Waals surface area contributed by atoms with Crippen molar-refractivity contribution in [3.05, 3.63) is 47.5 Å². The van der Waals surface area contributed by atoms with E-state index in [0.29, 0.717) is 16.1 Å². The van der Waals surface area contributed by atoms with Gasteiger partial charge in [-0.2, -0.15) is 0 Å². The monoisotopic (exact) mass is 506 g/mol. The van der Waals surface area contributed by atoms with E-state index in [2.05, 4.69) is 40.7 Å². The first-order valence-electron chi connectivity index (χ1n) is 15.2. The third kappa shape index (κ3) is 4.90. The second-order valence-corrected chi connectivity index (χ2v) is 15.2. The summed E-state index contributed by atoms with van der Waals surface area (Å²) in [4.78, 5) is 12.9. The molecular weight excluding hydrogens is 456 g/mol. The number of hydrogen-bond acceptors (Lipinski definition) is 2. The lowest BCUT2D eigenvalue weighted by atomic mass is 9.47. The Kier molecular flexibility index (Phi) is 7.85. The van der Waals surface area contributed by atoms with Crippen molar-refractivity contribution in [3.8, 4) is 0 Å². The quantitative estimate of drug-likeness (QED) is 0.342. The summed E-state index contributed by atoms with van der Waals surface area (Å²) in [6.45, 7) is 12.6. The van der Waals surface area contributed by atoms with Crippen molar-refractivity contribution in [3.63, 3.8) is 0 Å². The average molecular weight is 507 g/mol. The summed E-state index contributed by atoms with van der Waals surface area (Å²) in [6, 6.07) is 9.88. The zero-order valence-electron chi connectivity index (χ0n) is 23.6. The third-order valence-electron chi connectivity index (χ3n) is 11.5. The highest BCUT2D eigenvalue weighted by atomic mass is 32.2. The molecule has 1 aromatic rings. The Labute approximate surface area is 225 Å². The molecule has 0 amide bonds. The lowest BCUT2D eigenvalue weighted by molar-refractivity contribution is -0.0497. The van der Waals surface area contributed by atoms with E-state index >= 15 is 0 Å². The van der Waals surface area contributed by atoms with Crippen LogP contribution in [0.5, 0.6) is 0 Å². The normalized spacial score (nSPS) is 38.6. The van der Waals surface area contributed by atoms with Gasteiger partial charge in [-0.25, -0.2) is 0 Å². The molecule has 3 saturated carbocycles. The van der Waals surface area contributed by atoms with Crippen molar-refractivity contribution in [2.75, 3.05) is 0 Å². The van der Waals surface area contributed by atoms with Crippen LogP contribution in [0.1, 0.15) is 116 Å². The maximum Gasteiger partial charge on any atom is 0.219 e. The average Bonchev–Trinajstić information content (AvgIpc) is 3.22. The summed E-state index contributed by atoms with van der Waals surface area (Å²) in [5.41, 5.74) is 3.50. The Morgan fingerprint density at radius 3 is 2.50 bits per heavy atom. The van der Waals surface area contributed by atoms with Gasteiger partial charge in [0.05, 0.1) is 0 Å². The van der Waals surface area contributed by atoms with E-state index in [0.717, 1.165) is 47.5 Å². The van der Waals surface area contributed by atoms with Crippen LogP contribution in [0, 0.1) is 46.3 Å². The number of thioether (sulfide) groups is 1. The van der Waals surface area contributed by atoms with Gasteiger partial charge >= 0.3 is 0 Å². The molecular formula is C34H50OS. The van der Waals surface area contributed by atoms with Gasteiger partial charge in [0.15, 0.2) is 0 Å². The highest BCUT2D eigenvalue weighted by molar-refractivity contribution is 8.14. The maximum atomic E-state index is 12.9. The fourth-order valence-electron chi connectivity index (χ4n) is 9.55. The minimum absolute atomic E-state index is 0.256. The standard InChI is InChI=1S/C34H50OS/c1-23(2)10-9-11-24(3)29-16-17-30-28-15-14-26-22-27(36-32(35)25-12-7-6-8-13-25)18-20-33(26,4)31(28)19-21-34(29,30)5/h6-8,12-14,23-24,27-31H,9-11,15-22H2,1-5H3/t24-,27+,28-,29+,30-,31-,33-,34+/m0/s1. The fraction of sp³-hybridized carbons (Fsp3) is 0.735. The Hall–Kier alpha value is -1.02. The molecule has 0 unspecified atom stereocenters. The number of rotatable bonds is 7. The Morgan fingerprint density at radius 1 is 0.972 bits per heavy atom. The molecule has 8 atom stereocenters. The van der Waals surface area contributed by atoms with Crippen LogP contribution in [-0.4, -0.2) is 10.4 Å². The molecule has 4 aliphatic rings. The van der Waals surface area contributed by atoms with Gasteiger partial charge in [-0.15, -0.1) is 0 Å². The zero-order valence-corrected chi connectivity index (χ0v) is 24.4. The third-order valence-corrected chi connectivity index (χ3v) is 12.7. The number of carbonyl (C=O) groups excluding carboxylic acids is 1. The minimum Gasteiger partial charge on any atom is -0.282 e. The number of allylic oxidation sites excluding steroid dienone is 2. The van der Waals surface area contributed by atoms with Crippen molar-refractivity contribution in [2.45, 2.75) is 110 Å². The minimum atomic E-state index is 0.256. The van der Waals surface area contributed by atoms with Crippen molar-refractivity contribution in [1.29, 1.82) is 0 Å². The number of benzene rings is 1. The summed E-state index contributed by atoms with van der Waals surface area (Å²) in [6.07, 6.45) is 17.6. The molecule has 1 aromatic carbocycles. The van der Waals surface area contributed by atoms with Gasteiger partial charge in [0.2, 0.25) is 5.12 Å². The van der Waals surface area contributed by atoms with E-state index in [1.165, 1.54) is 64.2 Å². The Morgan fingerprint density at radius 2 is 1.75 bits per heavy atom. The molecule has 0 bridgehead atoms. The van der Waals surface area contributed by atoms with Gasteiger partial charge in [0.25, 0.3) is 0 Å². The molecule has 198 valence electrons. The van der Waals surface area contributed by atoms with Crippen molar-refractivity contribution < 1.29 is 4.79 Å². The summed E-state index contributed by atoms with van der Waals surface area (Å²) in [7, 11) is 0. The second kappa shape index (κ2) is 10.6. The lowest BCUT2D eigenvalue weighted by Gasteiger charge is -2.58. The highest BCUT2D eigenvalue weighted by Crippen LogP contribution is 2.67. The lowest BCUT2D eigenvalue weighted by Crippen LogP contribution is -2.50. The predicted molar refractivity (Wildman–Crippen MR) is 155 cm³/mol. The Balaban J connectivity index is 1.25. The zero-order chi connectivity index (χ0) is 25.5. The molecule has 3 fully saturated rings. The fourth-order valence-corrected chi connectivity index (χ4v) is 10.6. The van der Waals surface area contributed by atoms with Crippen molar-refractivity contribution in [1.82, 2.24) is 0 Å². The maximum absolute atomic E-state index is 12.9. The molecule has 0 spiro atoms. The molecule has 0 saturated heterocycles. The molecule has 0 heterocycles. The molecule has 0 aromatic heterocycles. The Bertz CT molecular complexity index is 949. The van der Waals surface area contributed by atoms with Gasteiger partial charge in [0.1, 0.15) is 0 Å². The van der Waals surface area contributed by atoms with E-state index in [1.54, 1.807) is 17.3 Å². The van der Waals surface area contributed by atoms with Crippen molar-refractivity contribution >= 4 is 16.9 Å². The van der Waals surface area contributed by atoms with E-state index in [-0.39, 0.29) is 5.12 Å². The number of carbonyl (C=O) groups is 1. The summed E-state index contributed by atoms with van der Waals surface area (Å²) < 4.78 is 0. The molecule has 0 radical (unpaired) electrons. The first-order valence-corrected chi connectivity index (χ1v) is 16.1. The molecule has 0 aliphatic heterocycles. The van der Waals surface area contributed by atoms with E-state index in [9.17, 15) is 4.79 Å². The first kappa shape index (κ1) is 26.6. The van der Waals surface area contributed by atoms with Crippen LogP contribution in [-0.2, 0) is 0 Å². The van der Waals surface area contributed by atoms with Crippen LogP contribution in [0.3, 0.4) is 0 Å². The van der Waals surface area contributed by atoms with Crippen LogP contribution < -0.4 is 0 Å². The van der Waals surface area contributed by atoms with Gasteiger partial charge in [0, 0.05) is 10.8 Å². The van der Waals surface area contributed by atoms with Crippen LogP contribution in [0.25, 0.3) is 0 Å². The van der Waals surface area contributed by atoms with Crippen LogP contribution in [0.2, 0.25) is 0 Å².